The first-order valence-corrected chi connectivity index (χ1v) is 9.48. The summed E-state index contributed by atoms with van der Waals surface area (Å²) in [7, 11) is -5.50. The van der Waals surface area contributed by atoms with E-state index < -0.39 is 28.9 Å². The third kappa shape index (κ3) is 9.47. The van der Waals surface area contributed by atoms with Gasteiger partial charge in [-0.3, -0.25) is 4.52 Å². The SMILES string of the molecule is [BH3-][P+]([S-])(OCCO)OP(=O)(O)OP(O)(O)=S. The normalized spacial score (nSPS) is 20.1. The van der Waals surface area contributed by atoms with Crippen LogP contribution < -0.4 is 0 Å². The average Bonchev–Trinajstić information content (AvgIpc) is 1.93. The van der Waals surface area contributed by atoms with Crippen molar-refractivity contribution in [2.24, 2.45) is 0 Å². The van der Waals surface area contributed by atoms with Crippen LogP contribution in [0.5, 0.6) is 0 Å². The molecule has 0 saturated heterocycles. The van der Waals surface area contributed by atoms with Crippen LogP contribution in [0, 0.1) is 0 Å². The number of aliphatic hydroxyl groups is 1. The summed E-state index contributed by atoms with van der Waals surface area (Å²) >= 11 is 8.83. The van der Waals surface area contributed by atoms with E-state index in [1.54, 1.807) is 0 Å². The van der Waals surface area contributed by atoms with Crippen molar-refractivity contribution in [1.82, 2.24) is 0 Å². The monoisotopic (exact) mass is 331 g/mol. The summed E-state index contributed by atoms with van der Waals surface area (Å²) in [6.45, 7) is -7.61. The Bertz CT molecular complexity index is 316. The number of phosphoric acid groups is 1. The lowest BCUT2D eigenvalue weighted by Gasteiger charge is -2.32. The van der Waals surface area contributed by atoms with Crippen LogP contribution in [0.4, 0.5) is 0 Å². The summed E-state index contributed by atoms with van der Waals surface area (Å²) in [5, 5.41) is 8.48. The molecule has 8 nitrogen and oxygen atoms in total. The van der Waals surface area contributed by atoms with E-state index in [9.17, 15) is 4.57 Å². The highest BCUT2D eigenvalue weighted by molar-refractivity contribution is 8.48. The molecule has 0 heterocycles. The Morgan fingerprint density at radius 2 is 1.94 bits per heavy atom. The second kappa shape index (κ2) is 6.56. The van der Waals surface area contributed by atoms with Crippen LogP contribution in [-0.2, 0) is 41.8 Å². The van der Waals surface area contributed by atoms with E-state index in [4.69, 9.17) is 36.6 Å². The molecule has 0 aliphatic heterocycles. The lowest BCUT2D eigenvalue weighted by Crippen LogP contribution is -2.04. The van der Waals surface area contributed by atoms with E-state index in [1.807, 2.05) is 0 Å². The minimum Gasteiger partial charge on any atom is -0.543 e. The zero-order chi connectivity index (χ0) is 13.0. The van der Waals surface area contributed by atoms with Crippen LogP contribution in [0.15, 0.2) is 0 Å². The molecule has 14 heteroatoms. The van der Waals surface area contributed by atoms with Gasteiger partial charge >= 0.3 is 14.5 Å². The molecule has 0 aromatic heterocycles. The molecule has 2 atom stereocenters. The quantitative estimate of drug-likeness (QED) is 0.260. The van der Waals surface area contributed by atoms with Gasteiger partial charge in [0.05, 0.1) is 6.61 Å². The molecular weight excluding hydrogens is 320 g/mol. The molecule has 0 aliphatic rings. The Hall–Kier alpha value is 1.44. The highest BCUT2D eigenvalue weighted by atomic mass is 32.7. The van der Waals surface area contributed by atoms with Crippen molar-refractivity contribution < 1.29 is 37.5 Å². The molecule has 16 heavy (non-hydrogen) atoms. The van der Waals surface area contributed by atoms with Gasteiger partial charge in [-0.15, -0.1) is 0 Å². The van der Waals surface area contributed by atoms with Gasteiger partial charge in [-0.2, -0.15) is 4.31 Å². The summed E-state index contributed by atoms with van der Waals surface area (Å²) in [5.74, 6) is 0. The van der Waals surface area contributed by atoms with Gasteiger partial charge in [0, 0.05) is 0 Å². The Morgan fingerprint density at radius 3 is 2.31 bits per heavy atom. The van der Waals surface area contributed by atoms with Gasteiger partial charge in [0.15, 0.2) is 7.57 Å². The van der Waals surface area contributed by atoms with Gasteiger partial charge in [0.1, 0.15) is 6.61 Å². The van der Waals surface area contributed by atoms with Gasteiger partial charge in [-0.05, 0) is 18.6 Å². The van der Waals surface area contributed by atoms with Crippen molar-refractivity contribution in [1.29, 1.82) is 0 Å². The second-order valence-electron chi connectivity index (χ2n) is 1.90. The maximum Gasteiger partial charge on any atom is 0.509 e. The Labute approximate surface area is 104 Å². The lowest BCUT2D eigenvalue weighted by molar-refractivity contribution is 0.197. The Balaban J connectivity index is 4.46. The summed E-state index contributed by atoms with van der Waals surface area (Å²) in [6, 6.07) is 0. The molecule has 0 amide bonds. The van der Waals surface area contributed by atoms with E-state index in [0.717, 1.165) is 0 Å². The smallest absolute Gasteiger partial charge is 0.509 e. The van der Waals surface area contributed by atoms with Crippen LogP contribution >= 0.6 is 21.3 Å². The van der Waals surface area contributed by atoms with Gasteiger partial charge < -0.3 is 32.0 Å². The molecule has 4 N–H and O–H groups in total. The number of hydrogen-bond donors (Lipinski definition) is 4. The molecule has 0 bridgehead atoms. The van der Waals surface area contributed by atoms with E-state index in [-0.39, 0.29) is 13.2 Å². The summed E-state index contributed by atoms with van der Waals surface area (Å²) < 4.78 is 24.6. The van der Waals surface area contributed by atoms with Crippen LogP contribution in [0.1, 0.15) is 0 Å². The van der Waals surface area contributed by atoms with Crippen LogP contribution in [0.25, 0.3) is 0 Å². The summed E-state index contributed by atoms with van der Waals surface area (Å²) in [6.07, 6.45) is 0. The molecule has 2 unspecified atom stereocenters. The van der Waals surface area contributed by atoms with Crippen LogP contribution in [0.3, 0.4) is 0 Å². The topological polar surface area (TPSA) is 126 Å². The number of aliphatic hydroxyl groups excluding tert-OH is 1. The first-order chi connectivity index (χ1) is 6.97. The fourth-order valence-electron chi connectivity index (χ4n) is 0.372. The molecule has 98 valence electrons. The van der Waals surface area contributed by atoms with E-state index in [2.05, 4.69) is 20.4 Å². The highest BCUT2D eigenvalue weighted by Crippen LogP contribution is 2.70. The Kier molecular flexibility index (Phi) is 7.16. The molecule has 0 spiro atoms. The first-order valence-electron chi connectivity index (χ1n) is 3.17. The van der Waals surface area contributed by atoms with Crippen molar-refractivity contribution in [3.05, 3.63) is 0 Å². The average molecular weight is 331 g/mol. The lowest BCUT2D eigenvalue weighted by atomic mass is 10.8. The van der Waals surface area contributed by atoms with Gasteiger partial charge in [-0.25, -0.2) is 8.88 Å². The van der Waals surface area contributed by atoms with Crippen molar-refractivity contribution in [2.75, 3.05) is 13.2 Å². The molecule has 0 radical (unpaired) electrons. The van der Waals surface area contributed by atoms with Crippen molar-refractivity contribution in [2.45, 2.75) is 0 Å². The number of hydrogen-bond acceptors (Lipinski definition) is 7. The summed E-state index contributed by atoms with van der Waals surface area (Å²) in [4.78, 5) is 26.5. The predicted molar refractivity (Wildman–Crippen MR) is 68.0 cm³/mol. The van der Waals surface area contributed by atoms with E-state index in [1.165, 1.54) is 0 Å². The number of rotatable bonds is 7. The fourth-order valence-corrected chi connectivity index (χ4v) is 4.67. The first kappa shape index (κ1) is 17.4. The zero-order valence-electron chi connectivity index (χ0n) is 6.99. The van der Waals surface area contributed by atoms with Crippen molar-refractivity contribution in [3.63, 3.8) is 0 Å². The molecule has 0 rings (SSSR count). The molecule has 0 fully saturated rings. The maximum atomic E-state index is 11.2. The summed E-state index contributed by atoms with van der Waals surface area (Å²) in [5.41, 5.74) is 0. The fraction of sp³-hybridized carbons (Fsp3) is 1.00. The molecule has 0 aliphatic carbocycles. The largest absolute Gasteiger partial charge is 0.543 e. The van der Waals surface area contributed by atoms with Crippen LogP contribution in [0.2, 0.25) is 0 Å². The predicted octanol–water partition coefficient (Wildman–Crippen LogP) is -1.07. The van der Waals surface area contributed by atoms with Gasteiger partial charge in [0.25, 0.3) is 0 Å². The van der Waals surface area contributed by atoms with Crippen molar-refractivity contribution in [3.8, 4) is 0 Å². The molecule has 0 aromatic carbocycles. The highest BCUT2D eigenvalue weighted by Gasteiger charge is 2.35. The standard InChI is InChI=1S/C2H11BO8P3S2/c3-12(15,9-2-1-4)10-13(5,6)11-14(7,8)16/h4H,1-2H2,3H3,(H,5,6)(H2,7,8,16)/q-1. The molecular formula is C2H11BO8P3S2-. The van der Waals surface area contributed by atoms with Crippen LogP contribution in [-0.4, -0.2) is 40.6 Å². The molecule has 0 saturated carbocycles. The zero-order valence-corrected chi connectivity index (χ0v) is 11.3. The van der Waals surface area contributed by atoms with Crippen molar-refractivity contribution >= 4 is 53.0 Å². The van der Waals surface area contributed by atoms with Gasteiger partial charge in [0.2, 0.25) is 0 Å². The van der Waals surface area contributed by atoms with Gasteiger partial charge in [-0.1, -0.05) is 0 Å². The van der Waals surface area contributed by atoms with E-state index in [0.29, 0.717) is 0 Å². The maximum absolute atomic E-state index is 11.2. The minimum atomic E-state index is -4.73. The Morgan fingerprint density at radius 1 is 1.44 bits per heavy atom. The van der Waals surface area contributed by atoms with E-state index >= 15 is 0 Å². The second-order valence-corrected chi connectivity index (χ2v) is 8.15. The third-order valence-electron chi connectivity index (χ3n) is 0.667. The molecule has 0 aromatic rings. The third-order valence-corrected chi connectivity index (χ3v) is 5.61. The minimum absolute atomic E-state index is 0.118.